The lowest BCUT2D eigenvalue weighted by Crippen LogP contribution is -2.24. The van der Waals surface area contributed by atoms with Gasteiger partial charge in [0.25, 0.3) is 0 Å². The molecule has 4 atom stereocenters. The van der Waals surface area contributed by atoms with Gasteiger partial charge >= 0.3 is 0 Å². The molecule has 0 aromatic heterocycles. The number of aromatic hydroxyl groups is 5. The van der Waals surface area contributed by atoms with Gasteiger partial charge in [-0.3, -0.25) is 9.59 Å². The number of Topliss-reactive ketones (excluding diaryl/α,β-unsaturated/α-hetero) is 2. The first-order valence-electron chi connectivity index (χ1n) is 20.5. The Morgan fingerprint density at radius 1 is 0.583 bits per heavy atom. The lowest BCUT2D eigenvalue weighted by Gasteiger charge is -2.32. The third-order valence-corrected chi connectivity index (χ3v) is 11.9. The van der Waals surface area contributed by atoms with E-state index in [0.717, 1.165) is 27.9 Å². The number of rotatable bonds is 16. The fourth-order valence-electron chi connectivity index (χ4n) is 8.31. The van der Waals surface area contributed by atoms with Gasteiger partial charge in [0.15, 0.2) is 11.6 Å². The predicted molar refractivity (Wildman–Crippen MR) is 234 cm³/mol. The first kappa shape index (κ1) is 43.4. The van der Waals surface area contributed by atoms with Crippen LogP contribution < -0.4 is 9.47 Å². The maximum absolute atomic E-state index is 14.2. The van der Waals surface area contributed by atoms with Crippen molar-refractivity contribution in [2.75, 3.05) is 0 Å². The molecule has 314 valence electrons. The fraction of sp³-hybridized carbons (Fsp3) is 0.333. The van der Waals surface area contributed by atoms with Crippen molar-refractivity contribution in [1.82, 2.24) is 0 Å². The highest BCUT2D eigenvalue weighted by atomic mass is 16.5. The van der Waals surface area contributed by atoms with Crippen LogP contribution >= 0.6 is 0 Å². The number of allylic oxidation sites excluding steroid dienone is 4. The van der Waals surface area contributed by atoms with Crippen molar-refractivity contribution in [1.29, 1.82) is 0 Å². The summed E-state index contributed by atoms with van der Waals surface area (Å²) in [7, 11) is 0. The minimum Gasteiger partial charge on any atom is -0.508 e. The van der Waals surface area contributed by atoms with Crippen molar-refractivity contribution in [3.63, 3.8) is 0 Å². The summed E-state index contributed by atoms with van der Waals surface area (Å²) >= 11 is 0. The van der Waals surface area contributed by atoms with E-state index in [1.165, 1.54) is 12.1 Å². The van der Waals surface area contributed by atoms with Gasteiger partial charge in [-0.1, -0.05) is 77.9 Å². The smallest absolute Gasteiger partial charge is 0.174 e. The number of hydrogen-bond donors (Lipinski definition) is 5. The number of phenolic OH excluding ortho intramolecular Hbond substituents is 5. The first-order valence-corrected chi connectivity index (χ1v) is 20.5. The minimum atomic E-state index is -0.777. The molecule has 60 heavy (non-hydrogen) atoms. The van der Waals surface area contributed by atoms with Gasteiger partial charge in [-0.25, -0.2) is 0 Å². The summed E-state index contributed by atoms with van der Waals surface area (Å²) < 4.78 is 13.0. The second kappa shape index (κ2) is 18.0. The van der Waals surface area contributed by atoms with E-state index >= 15 is 0 Å². The van der Waals surface area contributed by atoms with Gasteiger partial charge in [0, 0.05) is 28.7 Å². The quantitative estimate of drug-likeness (QED) is 0.0696. The summed E-state index contributed by atoms with van der Waals surface area (Å²) in [5.41, 5.74) is 5.09. The molecule has 9 nitrogen and oxygen atoms in total. The van der Waals surface area contributed by atoms with Crippen molar-refractivity contribution in [3.8, 4) is 40.2 Å². The van der Waals surface area contributed by atoms with E-state index in [4.69, 9.17) is 9.47 Å². The third-order valence-electron chi connectivity index (χ3n) is 11.9. The molecular formula is C51H56O9. The van der Waals surface area contributed by atoms with E-state index in [9.17, 15) is 35.1 Å². The molecule has 0 aliphatic carbocycles. The van der Waals surface area contributed by atoms with Crippen molar-refractivity contribution in [2.45, 2.75) is 97.7 Å². The predicted octanol–water partition coefficient (Wildman–Crippen LogP) is 11.4. The standard InChI is InChI=1S/C51H56O9/c1-27(2)14-16-33(29(5)6)22-38-46(55)36(48(57)44-40(53)25-42(59-50(38)44)31-12-10-9-11-13-31)24-37-47(56)39(23-34(30(7)8)17-15-28(3)4)51-45(49(37)58)41(54)26-43(60-51)32-18-20-35(52)21-19-32/h9-13,18-21,33-34,42-43,52,55-58H,1,3,5,7,14-17,22-26H2,2,4,6,8H3/t33-,34-,42+,43+/m1/s1. The normalized spacial score (nSPS) is 16.8. The number of carbonyl (C=O) groups excluding carboxylic acids is 2. The van der Waals surface area contributed by atoms with Gasteiger partial charge < -0.3 is 35.0 Å². The maximum Gasteiger partial charge on any atom is 0.174 e. The van der Waals surface area contributed by atoms with Crippen molar-refractivity contribution in [3.05, 3.63) is 148 Å². The van der Waals surface area contributed by atoms with Crippen LogP contribution in [0.25, 0.3) is 0 Å². The second-order valence-electron chi connectivity index (χ2n) is 16.8. The zero-order valence-corrected chi connectivity index (χ0v) is 35.1. The Labute approximate surface area is 352 Å². The average molecular weight is 813 g/mol. The largest absolute Gasteiger partial charge is 0.508 e. The molecular weight excluding hydrogens is 757 g/mol. The van der Waals surface area contributed by atoms with E-state index in [2.05, 4.69) is 26.3 Å². The molecule has 5 N–H and O–H groups in total. The summed E-state index contributed by atoms with van der Waals surface area (Å²) in [6, 6.07) is 15.6. The topological polar surface area (TPSA) is 154 Å². The maximum atomic E-state index is 14.2. The Bertz CT molecular complexity index is 2370. The fourth-order valence-corrected chi connectivity index (χ4v) is 8.31. The Hall–Kier alpha value is -6.22. The van der Waals surface area contributed by atoms with E-state index in [-0.39, 0.29) is 99.6 Å². The molecule has 4 aromatic carbocycles. The molecule has 9 heteroatoms. The molecule has 2 heterocycles. The van der Waals surface area contributed by atoms with Gasteiger partial charge in [-0.2, -0.15) is 0 Å². The molecule has 0 fully saturated rings. The lowest BCUT2D eigenvalue weighted by molar-refractivity contribution is 0.0831. The minimum absolute atomic E-state index is 0.0292. The van der Waals surface area contributed by atoms with Crippen LogP contribution in [0.15, 0.2) is 103 Å². The number of benzene rings is 4. The molecule has 0 bridgehead atoms. The zero-order valence-electron chi connectivity index (χ0n) is 35.1. The highest BCUT2D eigenvalue weighted by molar-refractivity contribution is 6.05. The van der Waals surface area contributed by atoms with Crippen LogP contribution in [0.2, 0.25) is 0 Å². The number of phenols is 5. The Morgan fingerprint density at radius 3 is 1.37 bits per heavy atom. The Balaban J connectivity index is 1.54. The van der Waals surface area contributed by atoms with Crippen LogP contribution in [0.5, 0.6) is 40.2 Å². The summed E-state index contributed by atoms with van der Waals surface area (Å²) in [6.45, 7) is 24.2. The Morgan fingerprint density at radius 2 is 0.983 bits per heavy atom. The van der Waals surface area contributed by atoms with E-state index < -0.39 is 41.7 Å². The van der Waals surface area contributed by atoms with Crippen molar-refractivity contribution >= 4 is 11.6 Å². The second-order valence-corrected chi connectivity index (χ2v) is 16.8. The van der Waals surface area contributed by atoms with Crippen molar-refractivity contribution in [2.24, 2.45) is 11.8 Å². The number of hydrogen-bond acceptors (Lipinski definition) is 9. The summed E-state index contributed by atoms with van der Waals surface area (Å²) in [4.78, 5) is 28.3. The summed E-state index contributed by atoms with van der Waals surface area (Å²) in [5.74, 6) is -2.88. The highest BCUT2D eigenvalue weighted by Crippen LogP contribution is 2.54. The summed E-state index contributed by atoms with van der Waals surface area (Å²) in [6.07, 6.45) is 0.941. The van der Waals surface area contributed by atoms with Gasteiger partial charge in [0.1, 0.15) is 63.6 Å². The van der Waals surface area contributed by atoms with Crippen LogP contribution in [-0.2, 0) is 19.3 Å². The molecule has 0 saturated carbocycles. The van der Waals surface area contributed by atoms with Crippen LogP contribution in [-0.4, -0.2) is 37.1 Å². The van der Waals surface area contributed by atoms with E-state index in [1.54, 1.807) is 12.1 Å². The molecule has 0 unspecified atom stereocenters. The number of carbonyl (C=O) groups is 2. The number of fused-ring (bicyclic) bond motifs is 2. The van der Waals surface area contributed by atoms with Crippen LogP contribution in [0, 0.1) is 11.8 Å². The molecule has 0 amide bonds. The van der Waals surface area contributed by atoms with E-state index in [1.807, 2.05) is 58.0 Å². The summed E-state index contributed by atoms with van der Waals surface area (Å²) in [5, 5.41) is 58.6. The van der Waals surface area contributed by atoms with Gasteiger partial charge in [-0.05, 0) is 101 Å². The van der Waals surface area contributed by atoms with Gasteiger partial charge in [-0.15, -0.1) is 13.2 Å². The van der Waals surface area contributed by atoms with Gasteiger partial charge in [0.05, 0.1) is 12.8 Å². The molecule has 2 aliphatic heterocycles. The monoisotopic (exact) mass is 812 g/mol. The SMILES string of the molecule is C=C(C)CC[C@H](Cc1c(O)c(Cc2c(O)c(C[C@@H](CCC(=C)C)C(=C)C)c3c(c2O)C(=O)C[C@@H](c2ccc(O)cc2)O3)c(O)c2c1O[C@H](c1ccccc1)CC2=O)C(=C)C. The van der Waals surface area contributed by atoms with Gasteiger partial charge in [0.2, 0.25) is 0 Å². The molecule has 0 radical (unpaired) electrons. The van der Waals surface area contributed by atoms with Crippen LogP contribution in [0.1, 0.15) is 133 Å². The van der Waals surface area contributed by atoms with Crippen LogP contribution in [0.4, 0.5) is 0 Å². The molecule has 6 rings (SSSR count). The number of ketones is 2. The third kappa shape index (κ3) is 9.00. The average Bonchev–Trinajstić information content (AvgIpc) is 3.19. The highest BCUT2D eigenvalue weighted by Gasteiger charge is 2.40. The lowest BCUT2D eigenvalue weighted by atomic mass is 9.81. The molecule has 0 spiro atoms. The van der Waals surface area contributed by atoms with Crippen LogP contribution in [0.3, 0.4) is 0 Å². The molecule has 0 saturated heterocycles. The Kier molecular flexibility index (Phi) is 13.0. The number of ether oxygens (including phenoxy) is 2. The zero-order chi connectivity index (χ0) is 43.6. The first-order chi connectivity index (χ1) is 28.5. The molecule has 2 aliphatic rings. The molecule has 4 aromatic rings. The van der Waals surface area contributed by atoms with Crippen molar-refractivity contribution < 1.29 is 44.6 Å². The van der Waals surface area contributed by atoms with E-state index in [0.29, 0.717) is 31.2 Å².